The van der Waals surface area contributed by atoms with Crippen LogP contribution in [0.4, 0.5) is 0 Å². The van der Waals surface area contributed by atoms with Crippen molar-refractivity contribution in [3.05, 3.63) is 173 Å². The molecule has 1 nitrogen and oxygen atoms in total. The molecule has 0 fully saturated rings. The number of aryl methyl sites for hydroxylation is 1. The predicted octanol–water partition coefficient (Wildman–Crippen LogP) is 10.9. The molecule has 1 heterocycles. The van der Waals surface area contributed by atoms with Crippen molar-refractivity contribution in [3.63, 3.8) is 0 Å². The lowest BCUT2D eigenvalue weighted by Crippen LogP contribution is -2.33. The third-order valence-corrected chi connectivity index (χ3v) is 10.2. The van der Waals surface area contributed by atoms with Crippen LogP contribution in [-0.4, -0.2) is 4.98 Å². The zero-order valence-electron chi connectivity index (χ0n) is 27.1. The first-order chi connectivity index (χ1) is 23.8. The lowest BCUT2D eigenvalue weighted by molar-refractivity contribution is 1.05. The molecule has 0 bridgehead atoms. The molecule has 7 aromatic carbocycles. The zero-order valence-corrected chi connectivity index (χ0v) is 27.1. The van der Waals surface area contributed by atoms with E-state index in [1.54, 1.807) is 0 Å². The number of nitrogens with zero attached hydrogens (tertiary/aromatic N) is 1. The molecular weight excluding hydrogens is 579 g/mol. The second-order valence-corrected chi connectivity index (χ2v) is 12.8. The summed E-state index contributed by atoms with van der Waals surface area (Å²) in [5, 5.41) is 10.5. The van der Waals surface area contributed by atoms with Crippen LogP contribution in [0.25, 0.3) is 77.5 Å². The van der Waals surface area contributed by atoms with Gasteiger partial charge >= 0.3 is 0 Å². The van der Waals surface area contributed by atoms with Gasteiger partial charge in [0.15, 0.2) is 0 Å². The van der Waals surface area contributed by atoms with Gasteiger partial charge in [0.05, 0.1) is 5.69 Å². The van der Waals surface area contributed by atoms with Crippen LogP contribution in [0, 0.1) is 0 Å². The van der Waals surface area contributed by atoms with Crippen LogP contribution < -0.4 is 10.4 Å². The second kappa shape index (κ2) is 11.8. The maximum Gasteiger partial charge on any atom is 0.0786 e. The van der Waals surface area contributed by atoms with Gasteiger partial charge in [-0.05, 0) is 108 Å². The van der Waals surface area contributed by atoms with Gasteiger partial charge in [0.1, 0.15) is 0 Å². The molecule has 0 atom stereocenters. The van der Waals surface area contributed by atoms with Crippen LogP contribution in [0.2, 0.25) is 0 Å². The number of pyridine rings is 1. The number of rotatable bonds is 5. The first-order valence-electron chi connectivity index (χ1n) is 17.1. The molecule has 1 aliphatic rings. The van der Waals surface area contributed by atoms with Crippen molar-refractivity contribution >= 4 is 44.0 Å². The predicted molar refractivity (Wildman–Crippen MR) is 204 cm³/mol. The highest BCUT2D eigenvalue weighted by atomic mass is 14.7. The fraction of sp³-hybridized carbons (Fsp3) is 0.0851. The van der Waals surface area contributed by atoms with Gasteiger partial charge in [0, 0.05) is 17.3 Å². The van der Waals surface area contributed by atoms with E-state index in [4.69, 9.17) is 4.98 Å². The molecule has 1 aromatic heterocycles. The Balaban J connectivity index is 1.30. The molecule has 9 rings (SSSR count). The van der Waals surface area contributed by atoms with Gasteiger partial charge in [-0.25, -0.2) is 0 Å². The van der Waals surface area contributed by atoms with Crippen LogP contribution in [0.5, 0.6) is 0 Å². The maximum atomic E-state index is 4.97. The molecule has 48 heavy (non-hydrogen) atoms. The summed E-state index contributed by atoms with van der Waals surface area (Å²) in [6.07, 6.45) is 7.51. The van der Waals surface area contributed by atoms with Crippen molar-refractivity contribution in [1.29, 1.82) is 0 Å². The van der Waals surface area contributed by atoms with Crippen LogP contribution in [-0.2, 0) is 6.42 Å². The summed E-state index contributed by atoms with van der Waals surface area (Å²) in [6, 6.07) is 53.4. The summed E-state index contributed by atoms with van der Waals surface area (Å²) < 4.78 is 0. The highest BCUT2D eigenvalue weighted by molar-refractivity contribution is 6.19. The van der Waals surface area contributed by atoms with Gasteiger partial charge < -0.3 is 0 Å². The minimum atomic E-state index is 1.01. The van der Waals surface area contributed by atoms with E-state index >= 15 is 0 Å². The van der Waals surface area contributed by atoms with E-state index in [-0.39, 0.29) is 0 Å². The second-order valence-electron chi connectivity index (χ2n) is 12.8. The lowest BCUT2D eigenvalue weighted by Gasteiger charge is -2.21. The van der Waals surface area contributed by atoms with Crippen molar-refractivity contribution < 1.29 is 0 Å². The molecule has 0 saturated carbocycles. The SMILES string of the molecule is CCc1cccc2c1=CCCC=2c1c2ccccc2c(-c2cccc(-c3cccnc3-c3cccc4ccccc34)c2)c2ccccc12. The smallest absolute Gasteiger partial charge is 0.0786 e. The Kier molecular flexibility index (Phi) is 6.98. The number of aromatic nitrogens is 1. The molecule has 0 spiro atoms. The van der Waals surface area contributed by atoms with E-state index < -0.39 is 0 Å². The third-order valence-electron chi connectivity index (χ3n) is 10.2. The Morgan fingerprint density at radius 2 is 1.17 bits per heavy atom. The van der Waals surface area contributed by atoms with Gasteiger partial charge in [0.2, 0.25) is 0 Å². The number of fused-ring (bicyclic) bond motifs is 4. The lowest BCUT2D eigenvalue weighted by atomic mass is 9.82. The summed E-state index contributed by atoms with van der Waals surface area (Å²) in [5.41, 5.74) is 11.2. The van der Waals surface area contributed by atoms with Crippen molar-refractivity contribution in [2.45, 2.75) is 26.2 Å². The van der Waals surface area contributed by atoms with Gasteiger partial charge in [-0.1, -0.05) is 146 Å². The summed E-state index contributed by atoms with van der Waals surface area (Å²) in [6.45, 7) is 2.27. The van der Waals surface area contributed by atoms with Crippen molar-refractivity contribution in [2.24, 2.45) is 0 Å². The largest absolute Gasteiger partial charge is 0.256 e. The average Bonchev–Trinajstić information content (AvgIpc) is 3.16. The van der Waals surface area contributed by atoms with E-state index in [1.807, 2.05) is 6.20 Å². The summed E-state index contributed by atoms with van der Waals surface area (Å²) in [4.78, 5) is 4.97. The third kappa shape index (κ3) is 4.58. The van der Waals surface area contributed by atoms with Crippen LogP contribution in [0.1, 0.15) is 30.9 Å². The molecule has 0 N–H and O–H groups in total. The summed E-state index contributed by atoms with van der Waals surface area (Å²) in [5.74, 6) is 0. The molecular formula is C47H35N. The van der Waals surface area contributed by atoms with Gasteiger partial charge in [0.25, 0.3) is 0 Å². The fourth-order valence-electron chi connectivity index (χ4n) is 8.07. The minimum Gasteiger partial charge on any atom is -0.256 e. The first kappa shape index (κ1) is 28.4. The normalized spacial score (nSPS) is 12.7. The van der Waals surface area contributed by atoms with Gasteiger partial charge in [-0.2, -0.15) is 0 Å². The van der Waals surface area contributed by atoms with Crippen molar-refractivity contribution in [3.8, 4) is 33.5 Å². The standard InChI is InChI=1S/C47H35N/c1-2-31-15-10-25-38-35(31)24-12-26-39(38)46-42-22-7-5-20-40(42)45(41-21-6-8-23-43(41)46)34-18-9-17-33(30-34)37-28-13-29-48-47(37)44-27-11-16-32-14-3-4-19-36(32)44/h3-11,13-25,27-30H,2,12,26H2,1H3. The topological polar surface area (TPSA) is 12.9 Å². The Morgan fingerprint density at radius 1 is 0.542 bits per heavy atom. The molecule has 0 radical (unpaired) electrons. The Hall–Kier alpha value is -5.79. The maximum absolute atomic E-state index is 4.97. The van der Waals surface area contributed by atoms with Crippen LogP contribution in [0.3, 0.4) is 0 Å². The van der Waals surface area contributed by atoms with Crippen LogP contribution >= 0.6 is 0 Å². The number of benzene rings is 7. The highest BCUT2D eigenvalue weighted by Crippen LogP contribution is 2.44. The molecule has 1 aliphatic carbocycles. The first-order valence-corrected chi connectivity index (χ1v) is 17.1. The van der Waals surface area contributed by atoms with Gasteiger partial charge in [-0.15, -0.1) is 0 Å². The highest BCUT2D eigenvalue weighted by Gasteiger charge is 2.20. The molecule has 228 valence electrons. The van der Waals surface area contributed by atoms with E-state index in [0.717, 1.165) is 36.1 Å². The quantitative estimate of drug-likeness (QED) is 0.176. The average molecular weight is 614 g/mol. The molecule has 0 unspecified atom stereocenters. The van der Waals surface area contributed by atoms with Crippen molar-refractivity contribution in [2.75, 3.05) is 0 Å². The van der Waals surface area contributed by atoms with Gasteiger partial charge in [-0.3, -0.25) is 4.98 Å². The Labute approximate surface area is 281 Å². The van der Waals surface area contributed by atoms with Crippen LogP contribution in [0.15, 0.2) is 152 Å². The fourth-order valence-corrected chi connectivity index (χ4v) is 8.07. The molecule has 0 saturated heterocycles. The van der Waals surface area contributed by atoms with E-state index in [0.29, 0.717) is 0 Å². The molecule has 0 aliphatic heterocycles. The molecule has 0 amide bonds. The van der Waals surface area contributed by atoms with E-state index in [9.17, 15) is 0 Å². The summed E-state index contributed by atoms with van der Waals surface area (Å²) >= 11 is 0. The summed E-state index contributed by atoms with van der Waals surface area (Å²) in [7, 11) is 0. The monoisotopic (exact) mass is 613 g/mol. The number of hydrogen-bond acceptors (Lipinski definition) is 1. The van der Waals surface area contributed by atoms with E-state index in [1.165, 1.54) is 76.1 Å². The van der Waals surface area contributed by atoms with E-state index in [2.05, 4.69) is 159 Å². The Bertz CT molecular complexity index is 2600. The van der Waals surface area contributed by atoms with Crippen molar-refractivity contribution in [1.82, 2.24) is 4.98 Å². The molecule has 8 aromatic rings. The zero-order chi connectivity index (χ0) is 32.0. The minimum absolute atomic E-state index is 1.01. The Morgan fingerprint density at radius 3 is 1.94 bits per heavy atom. The number of hydrogen-bond donors (Lipinski definition) is 0. The molecule has 1 heteroatoms.